The maximum atomic E-state index is 12.0. The van der Waals surface area contributed by atoms with Crippen LogP contribution in [0.5, 0.6) is 11.5 Å². The molecule has 0 unspecified atom stereocenters. The number of hydrogen-bond donors (Lipinski definition) is 1. The third kappa shape index (κ3) is 3.32. The monoisotopic (exact) mass is 403 g/mol. The van der Waals surface area contributed by atoms with Gasteiger partial charge in [0.05, 0.1) is 38.6 Å². The van der Waals surface area contributed by atoms with Crippen LogP contribution in [0.15, 0.2) is 18.3 Å². The number of hydrogen-bond acceptors (Lipinski definition) is 9. The summed E-state index contributed by atoms with van der Waals surface area (Å²) in [6, 6.07) is 3.72. The molecule has 0 radical (unpaired) electrons. The Balaban J connectivity index is 1.73. The van der Waals surface area contributed by atoms with Crippen LogP contribution in [-0.2, 0) is 9.47 Å². The largest absolute Gasteiger partial charge is 0.493 e. The molecule has 0 aliphatic carbocycles. The van der Waals surface area contributed by atoms with Crippen LogP contribution in [0, 0.1) is 0 Å². The minimum Gasteiger partial charge on any atom is -0.493 e. The van der Waals surface area contributed by atoms with Crippen molar-refractivity contribution in [2.45, 2.75) is 0 Å². The molecule has 2 aromatic heterocycles. The van der Waals surface area contributed by atoms with E-state index >= 15 is 0 Å². The molecular weight excluding hydrogens is 382 g/mol. The average Bonchev–Trinajstić information content (AvgIpc) is 3.08. The first-order chi connectivity index (χ1) is 13.6. The summed E-state index contributed by atoms with van der Waals surface area (Å²) in [4.78, 5) is 19.0. The van der Waals surface area contributed by atoms with Crippen molar-refractivity contribution in [2.75, 3.05) is 53.0 Å². The maximum Gasteiger partial charge on any atom is 0.350 e. The Hall–Kier alpha value is -2.62. The average molecular weight is 403 g/mol. The van der Waals surface area contributed by atoms with Crippen LogP contribution >= 0.6 is 11.3 Å². The molecule has 1 aromatic carbocycles. The van der Waals surface area contributed by atoms with Gasteiger partial charge in [-0.25, -0.2) is 4.79 Å². The summed E-state index contributed by atoms with van der Waals surface area (Å²) < 4.78 is 22.6. The van der Waals surface area contributed by atoms with E-state index in [-0.39, 0.29) is 0 Å². The highest BCUT2D eigenvalue weighted by molar-refractivity contribution is 7.22. The van der Waals surface area contributed by atoms with Gasteiger partial charge >= 0.3 is 5.97 Å². The first kappa shape index (κ1) is 18.7. The van der Waals surface area contributed by atoms with Crippen LogP contribution in [0.1, 0.15) is 9.67 Å². The minimum absolute atomic E-state index is 0.374. The number of anilines is 1. The van der Waals surface area contributed by atoms with Gasteiger partial charge in [-0.3, -0.25) is 9.88 Å². The van der Waals surface area contributed by atoms with Crippen molar-refractivity contribution in [1.82, 2.24) is 9.88 Å². The van der Waals surface area contributed by atoms with Crippen molar-refractivity contribution in [3.63, 3.8) is 0 Å². The summed E-state index contributed by atoms with van der Waals surface area (Å²) in [6.07, 6.45) is 1.67. The molecule has 0 bridgehead atoms. The molecule has 0 atom stereocenters. The Labute approximate surface area is 165 Å². The Bertz CT molecular complexity index is 1030. The molecule has 8 nitrogen and oxygen atoms in total. The van der Waals surface area contributed by atoms with E-state index in [2.05, 4.69) is 9.88 Å². The highest BCUT2D eigenvalue weighted by Crippen LogP contribution is 2.41. The maximum absolute atomic E-state index is 12.0. The summed E-state index contributed by atoms with van der Waals surface area (Å²) in [6.45, 7) is 3.53. The molecule has 3 aromatic rings. The normalized spacial score (nSPS) is 15.1. The van der Waals surface area contributed by atoms with E-state index in [0.29, 0.717) is 42.0 Å². The minimum atomic E-state index is -0.454. The Kier molecular flexibility index (Phi) is 5.21. The summed E-state index contributed by atoms with van der Waals surface area (Å²) in [5, 5.41) is 1.57. The van der Waals surface area contributed by atoms with Crippen LogP contribution in [0.4, 0.5) is 5.69 Å². The molecule has 0 amide bonds. The van der Waals surface area contributed by atoms with Gasteiger partial charge in [0.25, 0.3) is 0 Å². The number of esters is 1. The number of methoxy groups -OCH3 is 2. The highest BCUT2D eigenvalue weighted by atomic mass is 32.1. The van der Waals surface area contributed by atoms with E-state index in [4.69, 9.17) is 24.7 Å². The van der Waals surface area contributed by atoms with E-state index in [9.17, 15) is 4.79 Å². The quantitative estimate of drug-likeness (QED) is 0.649. The highest BCUT2D eigenvalue weighted by Gasteiger charge is 2.20. The van der Waals surface area contributed by atoms with Gasteiger partial charge in [0.1, 0.15) is 11.6 Å². The zero-order valence-electron chi connectivity index (χ0n) is 15.7. The second kappa shape index (κ2) is 7.78. The number of fused-ring (bicyclic) bond motifs is 3. The van der Waals surface area contributed by atoms with Crippen molar-refractivity contribution in [3.05, 3.63) is 23.2 Å². The van der Waals surface area contributed by atoms with Gasteiger partial charge in [-0.05, 0) is 6.07 Å². The second-order valence-electron chi connectivity index (χ2n) is 6.36. The fraction of sp³-hybridized carbons (Fsp3) is 0.368. The van der Waals surface area contributed by atoms with Crippen LogP contribution in [0.3, 0.4) is 0 Å². The van der Waals surface area contributed by atoms with Gasteiger partial charge in [-0.1, -0.05) is 0 Å². The lowest BCUT2D eigenvalue weighted by atomic mass is 10.1. The summed E-state index contributed by atoms with van der Waals surface area (Å²) in [5.74, 6) is 0.761. The van der Waals surface area contributed by atoms with E-state index < -0.39 is 5.97 Å². The number of morpholine rings is 1. The van der Waals surface area contributed by atoms with Crippen molar-refractivity contribution in [2.24, 2.45) is 0 Å². The lowest BCUT2D eigenvalue weighted by Gasteiger charge is -2.26. The van der Waals surface area contributed by atoms with Crippen molar-refractivity contribution < 1.29 is 23.7 Å². The van der Waals surface area contributed by atoms with Crippen molar-refractivity contribution in [1.29, 1.82) is 0 Å². The van der Waals surface area contributed by atoms with Gasteiger partial charge in [-0.2, -0.15) is 0 Å². The number of nitrogens with zero attached hydrogens (tertiary/aromatic N) is 2. The fourth-order valence-corrected chi connectivity index (χ4v) is 4.30. The Morgan fingerprint density at radius 3 is 2.75 bits per heavy atom. The van der Waals surface area contributed by atoms with Gasteiger partial charge in [0, 0.05) is 40.8 Å². The third-order valence-electron chi connectivity index (χ3n) is 4.72. The zero-order chi connectivity index (χ0) is 19.7. The molecule has 2 N–H and O–H groups in total. The number of nitrogens with two attached hydrogens (primary N) is 1. The van der Waals surface area contributed by atoms with E-state index in [1.54, 1.807) is 13.3 Å². The topological polar surface area (TPSA) is 96.1 Å². The molecule has 0 spiro atoms. The van der Waals surface area contributed by atoms with Crippen LogP contribution in [0.25, 0.3) is 21.0 Å². The number of nitrogen functional groups attached to an aromatic ring is 1. The van der Waals surface area contributed by atoms with Gasteiger partial charge in [0.2, 0.25) is 0 Å². The van der Waals surface area contributed by atoms with Crippen molar-refractivity contribution in [3.8, 4) is 11.5 Å². The molecule has 1 fully saturated rings. The first-order valence-electron chi connectivity index (χ1n) is 8.82. The summed E-state index contributed by atoms with van der Waals surface area (Å²) >= 11 is 1.29. The Morgan fingerprint density at radius 2 is 2.04 bits per heavy atom. The lowest BCUT2D eigenvalue weighted by molar-refractivity contribution is 0.00358. The van der Waals surface area contributed by atoms with Crippen LogP contribution < -0.4 is 15.2 Å². The van der Waals surface area contributed by atoms with Gasteiger partial charge in [0.15, 0.2) is 11.5 Å². The first-order valence-corrected chi connectivity index (χ1v) is 9.64. The third-order valence-corrected chi connectivity index (χ3v) is 5.95. The number of rotatable bonds is 5. The number of ether oxygens (including phenoxy) is 4. The number of benzene rings is 1. The van der Waals surface area contributed by atoms with Crippen LogP contribution in [-0.4, -0.2) is 63.1 Å². The molecule has 1 saturated heterocycles. The predicted octanol–water partition coefficient (Wildman–Crippen LogP) is 2.50. The smallest absolute Gasteiger partial charge is 0.350 e. The van der Waals surface area contributed by atoms with Gasteiger partial charge in [-0.15, -0.1) is 11.3 Å². The molecule has 0 saturated carbocycles. The van der Waals surface area contributed by atoms with Crippen LogP contribution in [0.2, 0.25) is 0 Å². The molecule has 1 aliphatic rings. The van der Waals surface area contributed by atoms with E-state index in [0.717, 1.165) is 34.1 Å². The molecule has 9 heteroatoms. The van der Waals surface area contributed by atoms with E-state index in [1.165, 1.54) is 18.4 Å². The number of thiophene rings is 1. The lowest BCUT2D eigenvalue weighted by Crippen LogP contribution is -2.38. The zero-order valence-corrected chi connectivity index (χ0v) is 16.5. The molecule has 3 heterocycles. The standard InChI is InChI=1S/C19H21N3O5S/c1-24-14-7-11-13(8-15(14)27-10-22-3-5-26-6-4-22)21-9-12-16(20)18(19(23)25-2)28-17(11)12/h7-9H,3-6,10,20H2,1-2H3. The number of carbonyl (C=O) groups is 1. The number of aromatic nitrogens is 1. The summed E-state index contributed by atoms with van der Waals surface area (Å²) in [5.41, 5.74) is 7.26. The van der Waals surface area contributed by atoms with Crippen molar-refractivity contribution >= 4 is 44.0 Å². The molecule has 4 rings (SSSR count). The molecule has 1 aliphatic heterocycles. The fourth-order valence-electron chi connectivity index (χ4n) is 3.16. The predicted molar refractivity (Wildman–Crippen MR) is 107 cm³/mol. The number of pyridine rings is 1. The molecule has 28 heavy (non-hydrogen) atoms. The number of carbonyl (C=O) groups excluding carboxylic acids is 1. The second-order valence-corrected chi connectivity index (χ2v) is 7.38. The molecule has 148 valence electrons. The molecular formula is C19H21N3O5S. The Morgan fingerprint density at radius 1 is 1.25 bits per heavy atom. The SMILES string of the molecule is COC(=O)c1sc2c(cnc3cc(OCN4CCOCC4)c(OC)cc32)c1N. The summed E-state index contributed by atoms with van der Waals surface area (Å²) in [7, 11) is 2.93. The van der Waals surface area contributed by atoms with E-state index in [1.807, 2.05) is 12.1 Å². The van der Waals surface area contributed by atoms with Gasteiger partial charge < -0.3 is 24.7 Å².